The van der Waals surface area contributed by atoms with Gasteiger partial charge < -0.3 is 10.4 Å². The van der Waals surface area contributed by atoms with Crippen LogP contribution in [0.2, 0.25) is 0 Å². The molecule has 0 radical (unpaired) electrons. The van der Waals surface area contributed by atoms with Gasteiger partial charge in [0.1, 0.15) is 0 Å². The highest BCUT2D eigenvalue weighted by molar-refractivity contribution is 5.86. The van der Waals surface area contributed by atoms with E-state index in [4.69, 9.17) is 5.11 Å². The lowest BCUT2D eigenvalue weighted by Gasteiger charge is -2.03. The predicted molar refractivity (Wildman–Crippen MR) is 54.9 cm³/mol. The second kappa shape index (κ2) is 5.19. The number of nitrogens with one attached hydrogen (secondary N) is 1. The third-order valence-corrected chi connectivity index (χ3v) is 1.81. The fourth-order valence-electron chi connectivity index (χ4n) is 1.03. The SMILES string of the molecule is C=C(CNCc1ccccc1)C(=O)O. The zero-order chi connectivity index (χ0) is 10.4. The number of benzene rings is 1. The van der Waals surface area contributed by atoms with Crippen molar-refractivity contribution in [3.05, 3.63) is 48.0 Å². The van der Waals surface area contributed by atoms with Gasteiger partial charge in [-0.1, -0.05) is 36.9 Å². The maximum Gasteiger partial charge on any atom is 0.332 e. The Bertz CT molecular complexity index is 319. The Balaban J connectivity index is 2.29. The Morgan fingerprint density at radius 3 is 2.57 bits per heavy atom. The average Bonchev–Trinajstić information content (AvgIpc) is 2.19. The van der Waals surface area contributed by atoms with Crippen molar-refractivity contribution in [1.82, 2.24) is 5.32 Å². The van der Waals surface area contributed by atoms with Gasteiger partial charge in [-0.3, -0.25) is 0 Å². The molecule has 74 valence electrons. The monoisotopic (exact) mass is 191 g/mol. The molecule has 0 heterocycles. The van der Waals surface area contributed by atoms with Crippen LogP contribution >= 0.6 is 0 Å². The van der Waals surface area contributed by atoms with Crippen molar-refractivity contribution in [2.24, 2.45) is 0 Å². The van der Waals surface area contributed by atoms with Gasteiger partial charge in [0.05, 0.1) is 0 Å². The topological polar surface area (TPSA) is 49.3 Å². The molecule has 0 aliphatic heterocycles. The third-order valence-electron chi connectivity index (χ3n) is 1.81. The van der Waals surface area contributed by atoms with Crippen LogP contribution in [-0.2, 0) is 11.3 Å². The lowest BCUT2D eigenvalue weighted by Crippen LogP contribution is -2.19. The van der Waals surface area contributed by atoms with Crippen LogP contribution in [0.5, 0.6) is 0 Å². The van der Waals surface area contributed by atoms with Crippen LogP contribution in [-0.4, -0.2) is 17.6 Å². The second-order valence-corrected chi connectivity index (χ2v) is 3.00. The molecule has 0 amide bonds. The van der Waals surface area contributed by atoms with Crippen LogP contribution < -0.4 is 5.32 Å². The summed E-state index contributed by atoms with van der Waals surface area (Å²) in [5, 5.41) is 11.5. The molecule has 0 aromatic heterocycles. The molecule has 0 saturated heterocycles. The standard InChI is InChI=1S/C11H13NO2/c1-9(11(13)14)7-12-8-10-5-3-2-4-6-10/h2-6,12H,1,7-8H2,(H,13,14). The van der Waals surface area contributed by atoms with E-state index in [9.17, 15) is 4.79 Å². The molecule has 1 aromatic carbocycles. The molecule has 1 rings (SSSR count). The van der Waals surface area contributed by atoms with Gasteiger partial charge in [0.25, 0.3) is 0 Å². The predicted octanol–water partition coefficient (Wildman–Crippen LogP) is 1.42. The highest BCUT2D eigenvalue weighted by Gasteiger charge is 2.01. The lowest BCUT2D eigenvalue weighted by molar-refractivity contribution is -0.132. The number of rotatable bonds is 5. The Hall–Kier alpha value is -1.61. The van der Waals surface area contributed by atoms with E-state index < -0.39 is 5.97 Å². The molecule has 0 bridgehead atoms. The minimum Gasteiger partial charge on any atom is -0.478 e. The minimum absolute atomic E-state index is 0.181. The van der Waals surface area contributed by atoms with Crippen LogP contribution in [0.15, 0.2) is 42.5 Å². The number of carboxylic acids is 1. The minimum atomic E-state index is -0.953. The number of carbonyl (C=O) groups is 1. The van der Waals surface area contributed by atoms with Crippen molar-refractivity contribution in [1.29, 1.82) is 0 Å². The number of hydrogen-bond donors (Lipinski definition) is 2. The molecule has 0 fully saturated rings. The summed E-state index contributed by atoms with van der Waals surface area (Å²) >= 11 is 0. The van der Waals surface area contributed by atoms with E-state index in [-0.39, 0.29) is 5.57 Å². The normalized spacial score (nSPS) is 9.71. The fourth-order valence-corrected chi connectivity index (χ4v) is 1.03. The molecule has 0 aliphatic rings. The quantitative estimate of drug-likeness (QED) is 0.692. The van der Waals surface area contributed by atoms with E-state index in [0.29, 0.717) is 13.1 Å². The first-order valence-corrected chi connectivity index (χ1v) is 4.36. The van der Waals surface area contributed by atoms with Gasteiger partial charge in [-0.2, -0.15) is 0 Å². The van der Waals surface area contributed by atoms with Crippen LogP contribution in [0, 0.1) is 0 Å². The van der Waals surface area contributed by atoms with Crippen LogP contribution in [0.25, 0.3) is 0 Å². The summed E-state index contributed by atoms with van der Waals surface area (Å²) < 4.78 is 0. The molecule has 0 saturated carbocycles. The largest absolute Gasteiger partial charge is 0.478 e. The first-order chi connectivity index (χ1) is 6.70. The first-order valence-electron chi connectivity index (χ1n) is 4.36. The lowest BCUT2D eigenvalue weighted by atomic mass is 10.2. The van der Waals surface area contributed by atoms with Gasteiger partial charge in [0.15, 0.2) is 0 Å². The Labute approximate surface area is 83.1 Å². The number of hydrogen-bond acceptors (Lipinski definition) is 2. The van der Waals surface area contributed by atoms with Gasteiger partial charge in [0, 0.05) is 18.7 Å². The molecule has 1 aromatic rings. The van der Waals surface area contributed by atoms with Crippen LogP contribution in [0.3, 0.4) is 0 Å². The summed E-state index contributed by atoms with van der Waals surface area (Å²) in [5.74, 6) is -0.953. The maximum atomic E-state index is 10.4. The highest BCUT2D eigenvalue weighted by Crippen LogP contribution is 1.97. The van der Waals surface area contributed by atoms with E-state index in [1.54, 1.807) is 0 Å². The van der Waals surface area contributed by atoms with E-state index in [1.165, 1.54) is 0 Å². The van der Waals surface area contributed by atoms with E-state index in [2.05, 4.69) is 11.9 Å². The Morgan fingerprint density at radius 1 is 1.36 bits per heavy atom. The van der Waals surface area contributed by atoms with E-state index in [0.717, 1.165) is 5.56 Å². The van der Waals surface area contributed by atoms with Gasteiger partial charge in [-0.15, -0.1) is 0 Å². The molecule has 2 N–H and O–H groups in total. The zero-order valence-electron chi connectivity index (χ0n) is 7.86. The molecular formula is C11H13NO2. The number of carboxylic acid groups (broad SMARTS) is 1. The molecule has 0 spiro atoms. The van der Waals surface area contributed by atoms with Gasteiger partial charge in [-0.25, -0.2) is 4.79 Å². The third kappa shape index (κ3) is 3.41. The maximum absolute atomic E-state index is 10.4. The Morgan fingerprint density at radius 2 is 2.00 bits per heavy atom. The van der Waals surface area contributed by atoms with E-state index in [1.807, 2.05) is 30.3 Å². The van der Waals surface area contributed by atoms with Crippen molar-refractivity contribution in [3.8, 4) is 0 Å². The first kappa shape index (κ1) is 10.5. The van der Waals surface area contributed by atoms with Crippen LogP contribution in [0.4, 0.5) is 0 Å². The van der Waals surface area contributed by atoms with Crippen molar-refractivity contribution < 1.29 is 9.90 Å². The molecular weight excluding hydrogens is 178 g/mol. The number of aliphatic carboxylic acids is 1. The zero-order valence-corrected chi connectivity index (χ0v) is 7.86. The second-order valence-electron chi connectivity index (χ2n) is 3.00. The van der Waals surface area contributed by atoms with Gasteiger partial charge in [0.2, 0.25) is 0 Å². The van der Waals surface area contributed by atoms with Crippen molar-refractivity contribution in [2.45, 2.75) is 6.54 Å². The molecule has 3 nitrogen and oxygen atoms in total. The Kier molecular flexibility index (Phi) is 3.88. The summed E-state index contributed by atoms with van der Waals surface area (Å²) in [7, 11) is 0. The molecule has 0 atom stereocenters. The smallest absolute Gasteiger partial charge is 0.332 e. The fraction of sp³-hybridized carbons (Fsp3) is 0.182. The molecule has 3 heteroatoms. The summed E-state index contributed by atoms with van der Waals surface area (Å²) in [6.07, 6.45) is 0. The van der Waals surface area contributed by atoms with E-state index >= 15 is 0 Å². The summed E-state index contributed by atoms with van der Waals surface area (Å²) in [5.41, 5.74) is 1.31. The highest BCUT2D eigenvalue weighted by atomic mass is 16.4. The molecule has 0 unspecified atom stereocenters. The van der Waals surface area contributed by atoms with Crippen molar-refractivity contribution >= 4 is 5.97 Å². The average molecular weight is 191 g/mol. The molecule has 0 aliphatic carbocycles. The van der Waals surface area contributed by atoms with Gasteiger partial charge >= 0.3 is 5.97 Å². The van der Waals surface area contributed by atoms with Crippen molar-refractivity contribution in [3.63, 3.8) is 0 Å². The van der Waals surface area contributed by atoms with Crippen molar-refractivity contribution in [2.75, 3.05) is 6.54 Å². The van der Waals surface area contributed by atoms with Gasteiger partial charge in [-0.05, 0) is 5.56 Å². The summed E-state index contributed by atoms with van der Waals surface area (Å²) in [6.45, 7) is 4.39. The van der Waals surface area contributed by atoms with Crippen LogP contribution in [0.1, 0.15) is 5.56 Å². The molecule has 14 heavy (non-hydrogen) atoms. The summed E-state index contributed by atoms with van der Waals surface area (Å²) in [4.78, 5) is 10.4. The summed E-state index contributed by atoms with van der Waals surface area (Å²) in [6, 6.07) is 9.80.